The average molecular weight is 286 g/mol. The molecule has 5 nitrogen and oxygen atoms in total. The lowest BCUT2D eigenvalue weighted by Gasteiger charge is -2.18. The van der Waals surface area contributed by atoms with Crippen LogP contribution in [0.4, 0.5) is 0 Å². The molecule has 0 saturated carbocycles. The number of sulfonamides is 1. The molecule has 0 spiro atoms. The summed E-state index contributed by atoms with van der Waals surface area (Å²) in [5, 5.41) is 0. The topological polar surface area (TPSA) is 66.3 Å². The summed E-state index contributed by atoms with van der Waals surface area (Å²) in [5.41, 5.74) is 1.15. The van der Waals surface area contributed by atoms with Crippen LogP contribution in [0.5, 0.6) is 0 Å². The van der Waals surface area contributed by atoms with Crippen molar-refractivity contribution in [1.29, 1.82) is 0 Å². The first-order valence-electron chi connectivity index (χ1n) is 5.62. The van der Waals surface area contributed by atoms with Crippen molar-refractivity contribution in [3.63, 3.8) is 0 Å². The van der Waals surface area contributed by atoms with Gasteiger partial charge in [0, 0.05) is 13.1 Å². The van der Waals surface area contributed by atoms with Crippen LogP contribution in [0, 0.1) is 4.84 Å². The van der Waals surface area contributed by atoms with Gasteiger partial charge in [0.05, 0.1) is 10.4 Å². The molecule has 98 valence electrons. The third-order valence-electron chi connectivity index (χ3n) is 2.73. The van der Waals surface area contributed by atoms with E-state index in [9.17, 15) is 8.42 Å². The summed E-state index contributed by atoms with van der Waals surface area (Å²) in [4.78, 5) is 3.29. The van der Waals surface area contributed by atoms with Gasteiger partial charge in [0.2, 0.25) is 10.0 Å². The van der Waals surface area contributed by atoms with E-state index in [0.29, 0.717) is 24.2 Å². The van der Waals surface area contributed by atoms with E-state index < -0.39 is 10.0 Å². The van der Waals surface area contributed by atoms with Gasteiger partial charge in [-0.25, -0.2) is 8.42 Å². The summed E-state index contributed by atoms with van der Waals surface area (Å²) in [6, 6.07) is 4.68. The summed E-state index contributed by atoms with van der Waals surface area (Å²) in [5.74, 6) is 0. The molecule has 0 saturated heterocycles. The van der Waals surface area contributed by atoms with Crippen LogP contribution < -0.4 is 0 Å². The average Bonchev–Trinajstić information content (AvgIpc) is 2.69. The second-order valence-electron chi connectivity index (χ2n) is 3.76. The SMILES string of the molecule is CCN(CC)S(=O)(=O)c1ccc2oc(=S)[nH]c2c1. The van der Waals surface area contributed by atoms with Crippen LogP contribution in [0.2, 0.25) is 0 Å². The van der Waals surface area contributed by atoms with Crippen LogP contribution >= 0.6 is 12.2 Å². The number of H-pyrrole nitrogens is 1. The maximum atomic E-state index is 12.3. The summed E-state index contributed by atoms with van der Waals surface area (Å²) < 4.78 is 31.2. The van der Waals surface area contributed by atoms with E-state index in [-0.39, 0.29) is 9.73 Å². The monoisotopic (exact) mass is 286 g/mol. The molecule has 0 fully saturated rings. The Kier molecular flexibility index (Phi) is 3.56. The van der Waals surface area contributed by atoms with Gasteiger partial charge in [-0.1, -0.05) is 13.8 Å². The molecule has 0 amide bonds. The van der Waals surface area contributed by atoms with Gasteiger partial charge in [-0.3, -0.25) is 0 Å². The molecule has 0 aliphatic carbocycles. The fourth-order valence-electron chi connectivity index (χ4n) is 1.80. The molecule has 0 aliphatic heterocycles. The minimum atomic E-state index is -3.45. The molecule has 7 heteroatoms. The van der Waals surface area contributed by atoms with Crippen molar-refractivity contribution in [1.82, 2.24) is 9.29 Å². The lowest BCUT2D eigenvalue weighted by atomic mass is 10.3. The zero-order valence-electron chi connectivity index (χ0n) is 10.1. The molecule has 1 N–H and O–H groups in total. The molecule has 0 unspecified atom stereocenters. The highest BCUT2D eigenvalue weighted by atomic mass is 32.2. The first-order chi connectivity index (χ1) is 8.48. The number of rotatable bonds is 4. The standard InChI is InChI=1S/C11H14N2O3S2/c1-3-13(4-2)18(14,15)8-5-6-10-9(7-8)12-11(17)16-10/h5-7H,3-4H2,1-2H3,(H,12,17). The zero-order valence-corrected chi connectivity index (χ0v) is 11.8. The van der Waals surface area contributed by atoms with Crippen LogP contribution in [-0.4, -0.2) is 30.8 Å². The first kappa shape index (κ1) is 13.3. The van der Waals surface area contributed by atoms with E-state index in [1.807, 2.05) is 13.8 Å². The van der Waals surface area contributed by atoms with Crippen LogP contribution in [-0.2, 0) is 10.0 Å². The highest BCUT2D eigenvalue weighted by molar-refractivity contribution is 7.89. The number of fused-ring (bicyclic) bond motifs is 1. The highest BCUT2D eigenvalue weighted by Gasteiger charge is 2.22. The Bertz CT molecular complexity index is 711. The number of hydrogen-bond donors (Lipinski definition) is 1. The Morgan fingerprint density at radius 3 is 2.61 bits per heavy atom. The Balaban J connectivity index is 2.57. The molecule has 0 radical (unpaired) electrons. The van der Waals surface area contributed by atoms with Gasteiger partial charge < -0.3 is 9.40 Å². The lowest BCUT2D eigenvalue weighted by molar-refractivity contribution is 0.445. The van der Waals surface area contributed by atoms with E-state index in [1.165, 1.54) is 10.4 Å². The van der Waals surface area contributed by atoms with Gasteiger partial charge in [-0.15, -0.1) is 0 Å². The molecule has 2 aromatic rings. The molecular weight excluding hydrogens is 272 g/mol. The van der Waals surface area contributed by atoms with Crippen molar-refractivity contribution >= 4 is 33.3 Å². The van der Waals surface area contributed by atoms with Crippen molar-refractivity contribution in [2.24, 2.45) is 0 Å². The third-order valence-corrected chi connectivity index (χ3v) is 4.96. The summed E-state index contributed by atoms with van der Waals surface area (Å²) in [7, 11) is -3.45. The predicted octanol–water partition coefficient (Wildman–Crippen LogP) is 2.52. The summed E-state index contributed by atoms with van der Waals surface area (Å²) in [6.07, 6.45) is 0. The molecule has 18 heavy (non-hydrogen) atoms. The summed E-state index contributed by atoms with van der Waals surface area (Å²) in [6.45, 7) is 4.51. The largest absolute Gasteiger partial charge is 0.429 e. The van der Waals surface area contributed by atoms with Crippen LogP contribution in [0.1, 0.15) is 13.8 Å². The first-order valence-corrected chi connectivity index (χ1v) is 7.47. The predicted molar refractivity (Wildman–Crippen MR) is 71.5 cm³/mol. The normalized spacial score (nSPS) is 12.4. The Hall–Kier alpha value is -1.18. The van der Waals surface area contributed by atoms with Gasteiger partial charge in [-0.05, 0) is 30.4 Å². The summed E-state index contributed by atoms with van der Waals surface area (Å²) >= 11 is 4.86. The minimum absolute atomic E-state index is 0.238. The van der Waals surface area contributed by atoms with Crippen molar-refractivity contribution in [2.45, 2.75) is 18.7 Å². The maximum absolute atomic E-state index is 12.3. The van der Waals surface area contributed by atoms with E-state index in [4.69, 9.17) is 16.6 Å². The second kappa shape index (κ2) is 4.83. The van der Waals surface area contributed by atoms with E-state index in [0.717, 1.165) is 0 Å². The van der Waals surface area contributed by atoms with Gasteiger partial charge in [0.15, 0.2) is 5.58 Å². The number of aromatic nitrogens is 1. The Morgan fingerprint density at radius 1 is 1.33 bits per heavy atom. The molecule has 1 aromatic carbocycles. The number of hydrogen-bond acceptors (Lipinski definition) is 4. The number of nitrogens with one attached hydrogen (secondary N) is 1. The molecule has 0 aliphatic rings. The third kappa shape index (κ3) is 2.21. The Morgan fingerprint density at radius 2 is 2.00 bits per heavy atom. The number of nitrogens with zero attached hydrogens (tertiary/aromatic N) is 1. The second-order valence-corrected chi connectivity index (χ2v) is 6.07. The van der Waals surface area contributed by atoms with Gasteiger partial charge in [-0.2, -0.15) is 4.31 Å². The van der Waals surface area contributed by atoms with Gasteiger partial charge in [0.25, 0.3) is 4.84 Å². The number of benzene rings is 1. The molecular formula is C11H14N2O3S2. The minimum Gasteiger partial charge on any atom is -0.429 e. The van der Waals surface area contributed by atoms with Crippen LogP contribution in [0.15, 0.2) is 27.5 Å². The van der Waals surface area contributed by atoms with E-state index in [1.54, 1.807) is 12.1 Å². The van der Waals surface area contributed by atoms with Crippen molar-refractivity contribution in [3.05, 3.63) is 23.0 Å². The fraction of sp³-hybridized carbons (Fsp3) is 0.364. The smallest absolute Gasteiger partial charge is 0.266 e. The van der Waals surface area contributed by atoms with Crippen molar-refractivity contribution in [2.75, 3.05) is 13.1 Å². The zero-order chi connectivity index (χ0) is 13.3. The van der Waals surface area contributed by atoms with Gasteiger partial charge >= 0.3 is 0 Å². The maximum Gasteiger partial charge on any atom is 0.266 e. The Labute approximate surface area is 110 Å². The molecule has 2 rings (SSSR count). The van der Waals surface area contributed by atoms with E-state index in [2.05, 4.69) is 4.98 Å². The number of aromatic amines is 1. The van der Waals surface area contributed by atoms with Crippen LogP contribution in [0.25, 0.3) is 11.1 Å². The van der Waals surface area contributed by atoms with Gasteiger partial charge in [0.1, 0.15) is 0 Å². The quantitative estimate of drug-likeness (QED) is 0.877. The van der Waals surface area contributed by atoms with Crippen molar-refractivity contribution in [3.8, 4) is 0 Å². The molecule has 1 heterocycles. The highest BCUT2D eigenvalue weighted by Crippen LogP contribution is 2.21. The van der Waals surface area contributed by atoms with Crippen LogP contribution in [0.3, 0.4) is 0 Å². The number of oxazole rings is 1. The molecule has 0 atom stereocenters. The fourth-order valence-corrected chi connectivity index (χ4v) is 3.49. The lowest BCUT2D eigenvalue weighted by Crippen LogP contribution is -2.30. The molecule has 1 aromatic heterocycles. The van der Waals surface area contributed by atoms with Crippen molar-refractivity contribution < 1.29 is 12.8 Å². The molecule has 0 bridgehead atoms. The van der Waals surface area contributed by atoms with E-state index >= 15 is 0 Å².